The Bertz CT molecular complexity index is 3240. The molecule has 0 spiro atoms. The summed E-state index contributed by atoms with van der Waals surface area (Å²) in [5, 5.41) is 21.8. The number of fused-ring (bicyclic) bond motifs is 6. The Labute approximate surface area is 649 Å². The molecule has 0 saturated heterocycles. The second-order valence-corrected chi connectivity index (χ2v) is 28.8. The summed E-state index contributed by atoms with van der Waals surface area (Å²) >= 11 is 0. The first-order valence-corrected chi connectivity index (χ1v) is 42.5. The Morgan fingerprint density at radius 3 is 0.611 bits per heavy atom. The molecule has 0 bridgehead atoms. The van der Waals surface area contributed by atoms with Gasteiger partial charge in [0.25, 0.3) is 0 Å². The minimum atomic E-state index is -0.768. The fourth-order valence-electron chi connectivity index (χ4n) is 12.9. The van der Waals surface area contributed by atoms with Crippen molar-refractivity contribution in [2.45, 2.75) is 318 Å². The van der Waals surface area contributed by atoms with E-state index in [1.165, 1.54) is 184 Å². The molecule has 0 aromatic heterocycles. The average molecular weight is 1500 g/mol. The number of ether oxygens (including phenoxy) is 6. The molecule has 0 atom stereocenters. The van der Waals surface area contributed by atoms with Gasteiger partial charge in [0, 0.05) is 101 Å². The van der Waals surface area contributed by atoms with E-state index >= 15 is 0 Å². The molecule has 0 aliphatic rings. The summed E-state index contributed by atoms with van der Waals surface area (Å²) in [5.41, 5.74) is 0. The molecule has 4 rings (SSSR count). The zero-order chi connectivity index (χ0) is 77.5. The Balaban J connectivity index is 1.97. The van der Waals surface area contributed by atoms with Gasteiger partial charge >= 0.3 is 35.8 Å². The molecule has 18 nitrogen and oxygen atoms in total. The molecule has 0 amide bonds. The average Bonchev–Trinajstić information content (AvgIpc) is 0.725. The van der Waals surface area contributed by atoms with Gasteiger partial charge in [0.1, 0.15) is 0 Å². The number of hydrogen-bond acceptors (Lipinski definition) is 18. The maximum Gasteiger partial charge on any atom is 0.337 e. The van der Waals surface area contributed by atoms with Gasteiger partial charge in [-0.1, -0.05) is 273 Å². The van der Waals surface area contributed by atoms with E-state index < -0.39 is 35.8 Å². The molecule has 602 valence electrons. The predicted molar refractivity (Wildman–Crippen MR) is 444 cm³/mol. The predicted octanol–water partition coefficient (Wildman–Crippen LogP) is 21.6. The summed E-state index contributed by atoms with van der Waals surface area (Å²) in [6.45, 7) is 17.6. The van der Waals surface area contributed by atoms with Crippen LogP contribution in [-0.4, -0.2) is 81.6 Å². The Kier molecular flexibility index (Phi) is 53.1. The largest absolute Gasteiger partial charge is 0.422 e. The number of carbonyl (C=O) groups is 6. The molecule has 0 saturated carbocycles. The molecule has 0 fully saturated rings. The van der Waals surface area contributed by atoms with Crippen LogP contribution >= 0.6 is 0 Å². The molecule has 108 heavy (non-hydrogen) atoms. The fourth-order valence-corrected chi connectivity index (χ4v) is 12.9. The van der Waals surface area contributed by atoms with E-state index in [1.807, 2.05) is 0 Å². The monoisotopic (exact) mass is 1500 g/mol. The minimum Gasteiger partial charge on any atom is -0.422 e. The van der Waals surface area contributed by atoms with E-state index in [4.69, 9.17) is 28.4 Å². The van der Waals surface area contributed by atoms with Crippen molar-refractivity contribution in [3.63, 3.8) is 0 Å². The summed E-state index contributed by atoms with van der Waals surface area (Å²) in [6.07, 6.45) is 61.9. The zero-order valence-electron chi connectivity index (χ0n) is 67.5. The van der Waals surface area contributed by atoms with E-state index in [2.05, 4.69) is 73.4 Å². The Hall–Kier alpha value is -7.86. The van der Waals surface area contributed by atoms with E-state index in [1.54, 1.807) is 67.4 Å². The second-order valence-electron chi connectivity index (χ2n) is 28.8. The highest BCUT2D eigenvalue weighted by Crippen LogP contribution is 2.47. The number of nitrogens with one attached hydrogen (secondary N) is 6. The first-order valence-electron chi connectivity index (χ1n) is 42.5. The van der Waals surface area contributed by atoms with Crippen LogP contribution in [0.1, 0.15) is 318 Å². The number of carbonyl (C=O) groups excluding carboxylic acids is 6. The van der Waals surface area contributed by atoms with E-state index in [9.17, 15) is 28.8 Å². The van der Waals surface area contributed by atoms with Crippen LogP contribution < -0.4 is 60.3 Å². The summed E-state index contributed by atoms with van der Waals surface area (Å²) < 4.78 is 37.0. The molecule has 0 heterocycles. The van der Waals surface area contributed by atoms with Gasteiger partial charge in [-0.25, -0.2) is 24.0 Å². The number of benzene rings is 4. The van der Waals surface area contributed by atoms with Gasteiger partial charge in [-0.15, -0.1) is 0 Å². The second kappa shape index (κ2) is 62.0. The third-order valence-corrected chi connectivity index (χ3v) is 19.2. The van der Waals surface area contributed by atoms with Gasteiger partial charge in [-0.2, -0.15) is 0 Å². The fraction of sp³-hybridized carbons (Fsp3) is 0.622. The number of hydrogen-bond donors (Lipinski definition) is 6. The SMILES string of the molecule is CCCCCCCCCN/C=C/C(=O)Oc1cc2c3cc(OC(=O)/C=C/NCCCCCCCCC)c(OC(=O)/C=C/NCCCCCCCCC)cc3c3cc(OC(=O)CCNCCCCCCCCC)c(OC(=O)/C=C/NCCCCCCCCC)cc3c2cc1OC(=O)/C=C/NCCCCCCCCC. The zero-order valence-corrected chi connectivity index (χ0v) is 67.5. The van der Waals surface area contributed by atoms with Crippen LogP contribution in [0.25, 0.3) is 32.3 Å². The van der Waals surface area contributed by atoms with Crippen molar-refractivity contribution < 1.29 is 57.2 Å². The quantitative estimate of drug-likeness (QED) is 0.00793. The summed E-state index contributed by atoms with van der Waals surface area (Å²) in [4.78, 5) is 84.5. The van der Waals surface area contributed by atoms with Crippen LogP contribution in [0.4, 0.5) is 0 Å². The molecule has 4 aromatic rings. The highest BCUT2D eigenvalue weighted by molar-refractivity contribution is 6.27. The Morgan fingerprint density at radius 2 is 0.407 bits per heavy atom. The van der Waals surface area contributed by atoms with Crippen molar-refractivity contribution in [1.82, 2.24) is 31.9 Å². The highest BCUT2D eigenvalue weighted by atomic mass is 16.6. The first-order chi connectivity index (χ1) is 53.0. The van der Waals surface area contributed by atoms with E-state index in [0.29, 0.717) is 71.6 Å². The lowest BCUT2D eigenvalue weighted by molar-refractivity contribution is -0.135. The van der Waals surface area contributed by atoms with Crippen molar-refractivity contribution in [1.29, 1.82) is 0 Å². The lowest BCUT2D eigenvalue weighted by Crippen LogP contribution is -2.21. The molecule has 4 aromatic carbocycles. The van der Waals surface area contributed by atoms with Crippen LogP contribution in [-0.2, 0) is 28.8 Å². The van der Waals surface area contributed by atoms with Gasteiger partial charge in [0.15, 0.2) is 34.5 Å². The van der Waals surface area contributed by atoms with Crippen LogP contribution in [0.5, 0.6) is 34.5 Å². The van der Waals surface area contributed by atoms with Crippen LogP contribution in [0.3, 0.4) is 0 Å². The van der Waals surface area contributed by atoms with Crippen molar-refractivity contribution in [3.05, 3.63) is 97.8 Å². The number of unbranched alkanes of at least 4 members (excludes halogenated alkanes) is 36. The lowest BCUT2D eigenvalue weighted by Gasteiger charge is -2.18. The number of rotatable bonds is 67. The molecule has 6 N–H and O–H groups in total. The summed E-state index contributed by atoms with van der Waals surface area (Å²) in [5.74, 6) is -5.13. The third kappa shape index (κ3) is 42.2. The van der Waals surface area contributed by atoms with Crippen molar-refractivity contribution in [2.24, 2.45) is 0 Å². The normalized spacial score (nSPS) is 11.7. The van der Waals surface area contributed by atoms with Crippen LogP contribution in [0, 0.1) is 0 Å². The molecule has 0 aliphatic heterocycles. The van der Waals surface area contributed by atoms with Crippen molar-refractivity contribution >= 4 is 68.1 Å². The first kappa shape index (κ1) is 92.5. The topological polar surface area (TPSA) is 230 Å². The Morgan fingerprint density at radius 1 is 0.231 bits per heavy atom. The molecular formula is C90H140N6O12. The van der Waals surface area contributed by atoms with Crippen molar-refractivity contribution in [2.75, 3.05) is 45.8 Å². The van der Waals surface area contributed by atoms with Crippen molar-refractivity contribution in [3.8, 4) is 34.5 Å². The van der Waals surface area contributed by atoms with Gasteiger partial charge in [-0.3, -0.25) is 4.79 Å². The standard InChI is InChI=1S/C90H140N6O12/c1-7-13-19-25-31-37-43-55-91-61-49-85(97)103-79-67-73-74(68-80(79)104-86(98)50-62-92-56-44-38-32-26-20-14-8-2)76-70-82(106-88(100)52-64-94-58-46-40-34-28-22-16-10-4)84(108-90(102)54-66-96-60-48-42-36-30-24-18-12-6)72-78(76)77-71-83(107-89(101)53-65-95-59-47-41-35-29-23-17-11-5)81(69-75(73)77)105-87(99)51-63-93-57-45-39-33-27-21-15-9-3/h49-53,61-65,67-72,91-96H,7-48,54-60,66H2,1-6H3/b61-49+,62-50+,63-51+,64-52+,65-53+. The highest BCUT2D eigenvalue weighted by Gasteiger charge is 2.25. The van der Waals surface area contributed by atoms with E-state index in [0.717, 1.165) is 122 Å². The van der Waals surface area contributed by atoms with E-state index in [-0.39, 0.29) is 40.9 Å². The van der Waals surface area contributed by atoms with Gasteiger partial charge < -0.3 is 60.3 Å². The minimum absolute atomic E-state index is 0.00802. The molecule has 18 heteroatoms. The molecule has 0 unspecified atom stereocenters. The summed E-state index contributed by atoms with van der Waals surface area (Å²) in [6, 6.07) is 9.40. The maximum absolute atomic E-state index is 14.1. The smallest absolute Gasteiger partial charge is 0.337 e. The van der Waals surface area contributed by atoms with Crippen LogP contribution in [0.2, 0.25) is 0 Å². The molecule has 0 radical (unpaired) electrons. The van der Waals surface area contributed by atoms with Crippen LogP contribution in [0.15, 0.2) is 97.8 Å². The third-order valence-electron chi connectivity index (χ3n) is 19.2. The molecule has 0 aliphatic carbocycles. The number of esters is 6. The summed E-state index contributed by atoms with van der Waals surface area (Å²) in [7, 11) is 0. The van der Waals surface area contributed by atoms with Gasteiger partial charge in [-0.05, 0) is 114 Å². The maximum atomic E-state index is 14.1. The van der Waals surface area contributed by atoms with Gasteiger partial charge in [0.05, 0.1) is 6.42 Å². The lowest BCUT2D eigenvalue weighted by atomic mass is 9.93. The molecular weight excluding hydrogens is 1360 g/mol. The van der Waals surface area contributed by atoms with Gasteiger partial charge in [0.2, 0.25) is 0 Å².